The van der Waals surface area contributed by atoms with Crippen LogP contribution >= 0.6 is 27.2 Å². The Morgan fingerprint density at radius 3 is 2.03 bits per heavy atom. The Morgan fingerprint density at radius 2 is 1.53 bits per heavy atom. The van der Waals surface area contributed by atoms with E-state index in [0.29, 0.717) is 6.07 Å². The van der Waals surface area contributed by atoms with Crippen molar-refractivity contribution < 1.29 is 74.2 Å². The van der Waals surface area contributed by atoms with Gasteiger partial charge in [-0.3, -0.25) is 47.6 Å². The third-order valence-corrected chi connectivity index (χ3v) is 14.8. The molecule has 0 bridgehead atoms. The number of hydrogen-bond donors (Lipinski definition) is 3. The first kappa shape index (κ1) is 52.8. The zero-order valence-electron chi connectivity index (χ0n) is 36.1. The minimum Gasteiger partial charge on any atom is -0.419 e. The normalized spacial score (nSPS) is 19.0. The molecule has 0 radical (unpaired) electrons. The van der Waals surface area contributed by atoms with Gasteiger partial charge in [-0.15, -0.1) is 11.8 Å². The number of thioether (sulfide) groups is 1. The van der Waals surface area contributed by atoms with E-state index in [2.05, 4.69) is 0 Å². The Balaban J connectivity index is 2.09. The second-order valence-electron chi connectivity index (χ2n) is 18.5. The number of nitro benzene ring substituents is 1. The fraction of sp³-hybridized carbons (Fsp3) is 0.750. The van der Waals surface area contributed by atoms with Gasteiger partial charge in [-0.25, -0.2) is 4.57 Å². The summed E-state index contributed by atoms with van der Waals surface area (Å²) in [6.45, 7) is 21.9. The highest BCUT2D eigenvalue weighted by Gasteiger charge is 2.51. The van der Waals surface area contributed by atoms with Crippen molar-refractivity contribution in [1.29, 1.82) is 0 Å². The molecule has 1 aromatic carbocycles. The SMILES string of the molecule is CC(CC(C)(C)N1C(=O)CC(SC(C)(C)CC(C)(C)OP(=O)(O)C(C)(C)OCCC(C)(C)OP(=O)(O)OC(C)(C)C)C1=O)C(=O)Oc1ccc(S(=O)(=O)O)cc1[N+](=O)[O-]. The van der Waals surface area contributed by atoms with Crippen LogP contribution in [0, 0.1) is 16.0 Å². The quantitative estimate of drug-likeness (QED) is 0.0206. The lowest BCUT2D eigenvalue weighted by Crippen LogP contribution is -2.50. The number of nitro groups is 1. The Bertz CT molecular complexity index is 1980. The van der Waals surface area contributed by atoms with E-state index in [9.17, 15) is 56.4 Å². The lowest BCUT2D eigenvalue weighted by molar-refractivity contribution is -0.385. The summed E-state index contributed by atoms with van der Waals surface area (Å²) >= 11 is 1.18. The summed E-state index contributed by atoms with van der Waals surface area (Å²) in [4.78, 5) is 72.4. The molecule has 2 amide bonds. The predicted molar refractivity (Wildman–Crippen MR) is 218 cm³/mol. The first-order valence-corrected chi connectivity index (χ1v) is 24.0. The summed E-state index contributed by atoms with van der Waals surface area (Å²) in [5, 5.41) is 8.97. The van der Waals surface area contributed by atoms with Crippen molar-refractivity contribution in [3.8, 4) is 5.75 Å². The minimum atomic E-state index is -4.78. The van der Waals surface area contributed by atoms with Crippen LogP contribution in [0.3, 0.4) is 0 Å². The number of rotatable bonds is 21. The molecule has 1 aromatic rings. The molecule has 2 rings (SSSR count). The maximum absolute atomic E-state index is 13.8. The average molecular weight is 919 g/mol. The Hall–Kier alpha value is -2.29. The van der Waals surface area contributed by atoms with Crippen LogP contribution in [0.15, 0.2) is 23.1 Å². The lowest BCUT2D eigenvalue weighted by Gasteiger charge is -2.40. The number of carbonyl (C=O) groups excluding carboxylic acids is 3. The fourth-order valence-electron chi connectivity index (χ4n) is 6.63. The molecule has 338 valence electrons. The zero-order valence-corrected chi connectivity index (χ0v) is 39.5. The molecular weight excluding hydrogens is 858 g/mol. The molecule has 59 heavy (non-hydrogen) atoms. The van der Waals surface area contributed by atoms with E-state index < -0.39 is 108 Å². The van der Waals surface area contributed by atoms with Gasteiger partial charge in [0.2, 0.25) is 17.6 Å². The van der Waals surface area contributed by atoms with Crippen LogP contribution in [0.4, 0.5) is 5.69 Å². The highest BCUT2D eigenvalue weighted by Crippen LogP contribution is 2.60. The number of likely N-dealkylation sites (tertiary alicyclic amines) is 1. The first-order valence-electron chi connectivity index (χ1n) is 18.6. The van der Waals surface area contributed by atoms with Gasteiger partial charge >= 0.3 is 27.1 Å². The summed E-state index contributed by atoms with van der Waals surface area (Å²) in [6, 6.07) is 2.24. The van der Waals surface area contributed by atoms with E-state index in [4.69, 9.17) is 23.0 Å². The number of phosphoric ester groups is 1. The Kier molecular flexibility index (Phi) is 16.3. The van der Waals surface area contributed by atoms with E-state index in [1.54, 1.807) is 76.2 Å². The van der Waals surface area contributed by atoms with Gasteiger partial charge in [0.1, 0.15) is 4.90 Å². The molecule has 1 aliphatic heterocycles. The van der Waals surface area contributed by atoms with Gasteiger partial charge in [0.15, 0.2) is 5.34 Å². The number of hydrogen-bond acceptors (Lipinski definition) is 15. The molecule has 3 N–H and O–H groups in total. The van der Waals surface area contributed by atoms with Crippen LogP contribution in [0.1, 0.15) is 123 Å². The van der Waals surface area contributed by atoms with Crippen molar-refractivity contribution in [3.63, 3.8) is 0 Å². The van der Waals surface area contributed by atoms with Gasteiger partial charge in [-0.05, 0) is 108 Å². The summed E-state index contributed by atoms with van der Waals surface area (Å²) in [5.41, 5.74) is -5.54. The summed E-state index contributed by atoms with van der Waals surface area (Å²) < 4.78 is 84.8. The molecule has 1 aliphatic rings. The number of nitrogens with zero attached hydrogens (tertiary/aromatic N) is 2. The maximum Gasteiger partial charge on any atom is 0.473 e. The molecular formula is C36H60N2O17P2S2. The van der Waals surface area contributed by atoms with Crippen LogP contribution in [0.25, 0.3) is 0 Å². The van der Waals surface area contributed by atoms with Crippen molar-refractivity contribution in [2.24, 2.45) is 5.92 Å². The molecule has 0 spiro atoms. The van der Waals surface area contributed by atoms with Crippen molar-refractivity contribution in [3.05, 3.63) is 28.3 Å². The molecule has 4 unspecified atom stereocenters. The van der Waals surface area contributed by atoms with Crippen molar-refractivity contribution in [2.45, 2.75) is 165 Å². The van der Waals surface area contributed by atoms with Gasteiger partial charge in [-0.2, -0.15) is 8.42 Å². The van der Waals surface area contributed by atoms with Gasteiger partial charge in [-0.1, -0.05) is 20.8 Å². The topological polar surface area (TPSA) is 273 Å². The maximum atomic E-state index is 13.8. The number of phosphoric acid groups is 1. The standard InChI is InChI=1S/C36H60N2O17P2S2/c1-23(30(41)52-26-16-15-24(59(48,49)50)19-25(26)38(42)43)21-32(5,6)37-28(39)20-27(29(37)40)58-35(11,12)22-34(9,10)54-56(44,45)36(13,14)51-18-17-33(7,8)55-57(46,47)53-31(2,3)4/h15-16,19,23,27H,17-18,20-22H2,1-14H3,(H,44,45)(H,46,47)(H,48,49,50). The fourth-order valence-corrected chi connectivity index (χ4v) is 11.4. The average Bonchev–Trinajstić information content (AvgIpc) is 3.24. The van der Waals surface area contributed by atoms with Crippen molar-refractivity contribution in [1.82, 2.24) is 4.90 Å². The van der Waals surface area contributed by atoms with Crippen LogP contribution < -0.4 is 4.74 Å². The highest BCUT2D eigenvalue weighted by atomic mass is 32.2. The first-order chi connectivity index (χ1) is 26.1. The second kappa shape index (κ2) is 18.2. The lowest BCUT2D eigenvalue weighted by atomic mass is 9.90. The molecule has 1 fully saturated rings. The molecule has 19 nitrogen and oxygen atoms in total. The van der Waals surface area contributed by atoms with E-state index in [1.807, 2.05) is 0 Å². The Labute approximate surface area is 350 Å². The van der Waals surface area contributed by atoms with Crippen LogP contribution in [0.2, 0.25) is 0 Å². The number of amides is 2. The van der Waals surface area contributed by atoms with Crippen LogP contribution in [0.5, 0.6) is 5.75 Å². The summed E-state index contributed by atoms with van der Waals surface area (Å²) in [6.07, 6.45) is -0.0961. The van der Waals surface area contributed by atoms with E-state index >= 15 is 0 Å². The van der Waals surface area contributed by atoms with Crippen LogP contribution in [-0.4, -0.2) is 94.7 Å². The molecule has 1 heterocycles. The number of carbonyl (C=O) groups is 3. The molecule has 0 aliphatic carbocycles. The summed E-state index contributed by atoms with van der Waals surface area (Å²) in [5.74, 6) is -3.56. The summed E-state index contributed by atoms with van der Waals surface area (Å²) in [7, 11) is -13.8. The van der Waals surface area contributed by atoms with E-state index in [0.717, 1.165) is 17.0 Å². The number of esters is 1. The third-order valence-electron chi connectivity index (χ3n) is 8.83. The van der Waals surface area contributed by atoms with Crippen LogP contribution in [-0.2, 0) is 51.9 Å². The number of imide groups is 1. The largest absolute Gasteiger partial charge is 0.473 e. The number of benzene rings is 1. The molecule has 0 aromatic heterocycles. The molecule has 0 saturated carbocycles. The highest BCUT2D eigenvalue weighted by molar-refractivity contribution is 8.02. The third kappa shape index (κ3) is 15.5. The smallest absolute Gasteiger partial charge is 0.419 e. The second-order valence-corrected chi connectivity index (χ2v) is 25.4. The Morgan fingerprint density at radius 1 is 0.966 bits per heavy atom. The van der Waals surface area contributed by atoms with Gasteiger partial charge in [0, 0.05) is 22.8 Å². The van der Waals surface area contributed by atoms with Gasteiger partial charge < -0.3 is 23.8 Å². The monoisotopic (exact) mass is 918 g/mol. The molecule has 23 heteroatoms. The van der Waals surface area contributed by atoms with Gasteiger partial charge in [0.25, 0.3) is 10.1 Å². The molecule has 4 atom stereocenters. The minimum absolute atomic E-state index is 0.0493. The number of ether oxygens (including phenoxy) is 2. The van der Waals surface area contributed by atoms with E-state index in [-0.39, 0.29) is 32.3 Å². The predicted octanol–water partition coefficient (Wildman–Crippen LogP) is 7.42. The van der Waals surface area contributed by atoms with Gasteiger partial charge in [0.05, 0.1) is 39.5 Å². The van der Waals surface area contributed by atoms with E-state index in [1.165, 1.54) is 32.5 Å². The van der Waals surface area contributed by atoms with Crippen molar-refractivity contribution in [2.75, 3.05) is 6.61 Å². The van der Waals surface area contributed by atoms with Crippen molar-refractivity contribution >= 4 is 60.8 Å². The molecule has 1 saturated heterocycles. The zero-order chi connectivity index (χ0) is 46.2.